The summed E-state index contributed by atoms with van der Waals surface area (Å²) in [7, 11) is 3.17. The van der Waals surface area contributed by atoms with Crippen molar-refractivity contribution in [3.63, 3.8) is 0 Å². The smallest absolute Gasteiger partial charge is 0.259 e. The molecular weight excluding hydrogens is 454 g/mol. The van der Waals surface area contributed by atoms with Gasteiger partial charge >= 0.3 is 0 Å². The Morgan fingerprint density at radius 1 is 1.17 bits per heavy atom. The van der Waals surface area contributed by atoms with Crippen molar-refractivity contribution in [1.29, 1.82) is 0 Å². The highest BCUT2D eigenvalue weighted by molar-refractivity contribution is 6.24. The molecule has 1 aromatic heterocycles. The van der Waals surface area contributed by atoms with Gasteiger partial charge in [0.15, 0.2) is 11.4 Å². The van der Waals surface area contributed by atoms with E-state index in [1.807, 2.05) is 6.92 Å². The van der Waals surface area contributed by atoms with E-state index in [1.165, 1.54) is 4.90 Å². The lowest BCUT2D eigenvalue weighted by atomic mass is 9.56. The second-order valence-corrected chi connectivity index (χ2v) is 9.75. The maximum Gasteiger partial charge on any atom is 0.259 e. The van der Waals surface area contributed by atoms with Crippen LogP contribution in [0.1, 0.15) is 35.2 Å². The molecule has 35 heavy (non-hydrogen) atoms. The number of aromatic nitrogens is 1. The Balaban J connectivity index is 1.81. The number of H-pyrrole nitrogens is 1. The molecule has 1 amide bonds. The number of primary amides is 1. The van der Waals surface area contributed by atoms with Crippen molar-refractivity contribution in [2.24, 2.45) is 17.6 Å². The van der Waals surface area contributed by atoms with E-state index in [1.54, 1.807) is 38.4 Å². The van der Waals surface area contributed by atoms with Gasteiger partial charge in [0.05, 0.1) is 11.6 Å². The van der Waals surface area contributed by atoms with Crippen LogP contribution in [0.4, 0.5) is 0 Å². The molecule has 0 unspecified atom stereocenters. The van der Waals surface area contributed by atoms with Gasteiger partial charge in [-0.3, -0.25) is 24.1 Å². The standard InChI is InChI=1S/C25H25N3O7/c1-9-11-8-12-18(28(2)3)20(30)17(23(26)33)22(32)25(12,35)21(31)15(11)19(29)16-14(9)10-6-4-5-7-13(10)27-24(16)34/h4-7,9,11-12,18,30-31,35H,8H2,1-3H3,(H2,26,33)(H,27,34)/t9-,11-,12+,18+,25+/m1/s1. The third-order valence-corrected chi connectivity index (χ3v) is 7.82. The lowest BCUT2D eigenvalue weighted by molar-refractivity contribution is -0.148. The Labute approximate surface area is 199 Å². The SMILES string of the molecule is C[C@H]1c2c(c(=O)[nH]c3ccccc23)C(=O)C2=C(O)[C@]3(O)C(=O)C(C(N)=O)=C(O)[C@@H](N(C)C)[C@@H]3C[C@@H]21. The van der Waals surface area contributed by atoms with E-state index in [2.05, 4.69) is 4.98 Å². The van der Waals surface area contributed by atoms with Crippen LogP contribution < -0.4 is 11.3 Å². The average Bonchev–Trinajstić information content (AvgIpc) is 2.78. The van der Waals surface area contributed by atoms with E-state index >= 15 is 0 Å². The number of para-hydroxylation sites is 1. The van der Waals surface area contributed by atoms with Crippen molar-refractivity contribution in [3.05, 3.63) is 68.4 Å². The number of Topliss-reactive ketones (excluding diaryl/α,β-unsaturated/α-hetero) is 2. The average molecular weight is 479 g/mol. The first-order valence-corrected chi connectivity index (χ1v) is 11.2. The minimum absolute atomic E-state index is 0.0219. The van der Waals surface area contributed by atoms with E-state index in [0.29, 0.717) is 16.5 Å². The number of fused-ring (bicyclic) bond motifs is 5. The molecule has 0 aliphatic heterocycles. The van der Waals surface area contributed by atoms with Crippen LogP contribution in [-0.2, 0) is 9.59 Å². The first kappa shape index (κ1) is 23.0. The number of aromatic amines is 1. The van der Waals surface area contributed by atoms with Gasteiger partial charge < -0.3 is 26.0 Å². The largest absolute Gasteiger partial charge is 0.510 e. The minimum Gasteiger partial charge on any atom is -0.510 e. The fourth-order valence-electron chi connectivity index (χ4n) is 6.27. The van der Waals surface area contributed by atoms with Gasteiger partial charge in [-0.2, -0.15) is 0 Å². The van der Waals surface area contributed by atoms with Gasteiger partial charge in [0.2, 0.25) is 5.78 Å². The number of likely N-dealkylation sites (N-methyl/N-ethyl adjacent to an activating group) is 1. The Hall–Kier alpha value is -3.76. The first-order valence-electron chi connectivity index (χ1n) is 11.2. The van der Waals surface area contributed by atoms with E-state index < -0.39 is 69.5 Å². The van der Waals surface area contributed by atoms with Gasteiger partial charge in [0.25, 0.3) is 11.5 Å². The van der Waals surface area contributed by atoms with Crippen molar-refractivity contribution in [2.75, 3.05) is 14.1 Å². The van der Waals surface area contributed by atoms with Gasteiger partial charge in [-0.25, -0.2) is 0 Å². The summed E-state index contributed by atoms with van der Waals surface area (Å²) in [4.78, 5) is 56.2. The molecule has 0 bridgehead atoms. The number of aliphatic hydroxyl groups excluding tert-OH is 2. The molecule has 10 heteroatoms. The van der Waals surface area contributed by atoms with Crippen LogP contribution in [0.15, 0.2) is 51.7 Å². The predicted molar refractivity (Wildman–Crippen MR) is 125 cm³/mol. The summed E-state index contributed by atoms with van der Waals surface area (Å²) in [6, 6.07) is 6.04. The molecule has 5 rings (SSSR count). The summed E-state index contributed by atoms with van der Waals surface area (Å²) in [5, 5.41) is 34.5. The quantitative estimate of drug-likeness (QED) is 0.394. The molecule has 0 saturated heterocycles. The number of aliphatic hydroxyl groups is 3. The molecule has 6 N–H and O–H groups in total. The van der Waals surface area contributed by atoms with Crippen molar-refractivity contribution in [2.45, 2.75) is 30.9 Å². The number of benzene rings is 1. The molecule has 10 nitrogen and oxygen atoms in total. The fraction of sp³-hybridized carbons (Fsp3) is 0.360. The summed E-state index contributed by atoms with van der Waals surface area (Å²) in [5.41, 5.74) is 1.90. The number of nitrogens with zero attached hydrogens (tertiary/aromatic N) is 1. The van der Waals surface area contributed by atoms with E-state index in [-0.39, 0.29) is 17.6 Å². The summed E-state index contributed by atoms with van der Waals surface area (Å²) in [6.45, 7) is 1.82. The molecule has 2 aromatic rings. The van der Waals surface area contributed by atoms with Crippen LogP contribution in [0, 0.1) is 11.8 Å². The Morgan fingerprint density at radius 2 is 1.83 bits per heavy atom. The van der Waals surface area contributed by atoms with E-state index in [9.17, 15) is 34.5 Å². The molecule has 1 aromatic carbocycles. The normalized spacial score (nSPS) is 30.4. The van der Waals surface area contributed by atoms with Crippen molar-refractivity contribution in [3.8, 4) is 0 Å². The number of amides is 1. The number of allylic oxidation sites excluding steroid dienone is 1. The second kappa shape index (κ2) is 7.37. The van der Waals surface area contributed by atoms with Crippen molar-refractivity contribution < 1.29 is 29.7 Å². The highest BCUT2D eigenvalue weighted by atomic mass is 16.3. The molecule has 3 aliphatic rings. The summed E-state index contributed by atoms with van der Waals surface area (Å²) in [6.07, 6.45) is 0.0219. The Morgan fingerprint density at radius 3 is 2.46 bits per heavy atom. The van der Waals surface area contributed by atoms with Gasteiger partial charge in [-0.1, -0.05) is 25.1 Å². The van der Waals surface area contributed by atoms with Crippen LogP contribution in [0.5, 0.6) is 0 Å². The van der Waals surface area contributed by atoms with Gasteiger partial charge in [-0.15, -0.1) is 0 Å². The maximum absolute atomic E-state index is 13.7. The molecule has 0 saturated carbocycles. The molecule has 1 heterocycles. The lowest BCUT2D eigenvalue weighted by Gasteiger charge is -2.51. The number of carbonyl (C=O) groups is 3. The van der Waals surface area contributed by atoms with Gasteiger partial charge in [-0.05, 0) is 44.0 Å². The highest BCUT2D eigenvalue weighted by Gasteiger charge is 2.64. The Kier molecular flexibility index (Phi) is 4.84. The number of nitrogens with one attached hydrogen (secondary N) is 1. The number of hydrogen-bond donors (Lipinski definition) is 5. The van der Waals surface area contributed by atoms with Crippen LogP contribution in [0.2, 0.25) is 0 Å². The van der Waals surface area contributed by atoms with Crippen LogP contribution in [0.25, 0.3) is 10.9 Å². The highest BCUT2D eigenvalue weighted by Crippen LogP contribution is 2.54. The molecule has 0 radical (unpaired) electrons. The zero-order chi connectivity index (χ0) is 25.6. The van der Waals surface area contributed by atoms with Crippen LogP contribution in [-0.4, -0.2) is 68.4 Å². The van der Waals surface area contributed by atoms with Crippen molar-refractivity contribution in [1.82, 2.24) is 9.88 Å². The molecule has 0 spiro atoms. The number of hydrogen-bond acceptors (Lipinski definition) is 8. The number of carbonyl (C=O) groups excluding carboxylic acids is 3. The van der Waals surface area contributed by atoms with E-state index in [4.69, 9.17) is 5.73 Å². The Bertz CT molecular complexity index is 1470. The lowest BCUT2D eigenvalue weighted by Crippen LogP contribution is -2.64. The topological polar surface area (TPSA) is 174 Å². The third kappa shape index (κ3) is 2.77. The van der Waals surface area contributed by atoms with Crippen LogP contribution >= 0.6 is 0 Å². The minimum atomic E-state index is -2.67. The number of pyridine rings is 1. The van der Waals surface area contributed by atoms with Gasteiger partial charge in [0, 0.05) is 22.4 Å². The molecular formula is C25H25N3O7. The monoisotopic (exact) mass is 479 g/mol. The summed E-state index contributed by atoms with van der Waals surface area (Å²) < 4.78 is 0. The van der Waals surface area contributed by atoms with E-state index in [0.717, 1.165) is 0 Å². The number of rotatable bonds is 2. The van der Waals surface area contributed by atoms with Gasteiger partial charge in [0.1, 0.15) is 17.1 Å². The maximum atomic E-state index is 13.7. The molecule has 3 aliphatic carbocycles. The molecule has 0 fully saturated rings. The number of ketones is 2. The van der Waals surface area contributed by atoms with Crippen LogP contribution in [0.3, 0.4) is 0 Å². The first-order chi connectivity index (χ1) is 16.4. The van der Waals surface area contributed by atoms with Crippen molar-refractivity contribution >= 4 is 28.4 Å². The molecule has 5 atom stereocenters. The zero-order valence-electron chi connectivity index (χ0n) is 19.3. The fourth-order valence-corrected chi connectivity index (χ4v) is 6.27. The third-order valence-electron chi connectivity index (χ3n) is 7.82. The second-order valence-electron chi connectivity index (χ2n) is 9.75. The molecule has 182 valence electrons. The summed E-state index contributed by atoms with van der Waals surface area (Å²) in [5.74, 6) is -7.01. The predicted octanol–water partition coefficient (Wildman–Crippen LogP) is 0.818. The summed E-state index contributed by atoms with van der Waals surface area (Å²) >= 11 is 0. The number of nitrogens with two attached hydrogens (primary N) is 1. The zero-order valence-corrected chi connectivity index (χ0v) is 19.3.